The van der Waals surface area contributed by atoms with Crippen LogP contribution < -0.4 is 0 Å². The summed E-state index contributed by atoms with van der Waals surface area (Å²) in [6, 6.07) is 8.11. The minimum absolute atomic E-state index is 0.176. The maximum absolute atomic E-state index is 13.0. The highest BCUT2D eigenvalue weighted by molar-refractivity contribution is 5.92. The Bertz CT molecular complexity index is 926. The number of carbonyl (C=O) groups excluding carboxylic acids is 1. The van der Waals surface area contributed by atoms with Crippen LogP contribution in [0, 0.1) is 23.2 Å². The average molecular weight is 417 g/mol. The maximum atomic E-state index is 13.0. The molecule has 0 atom stereocenters. The molecule has 2 aromatic rings. The molecule has 4 aliphatic rings. The van der Waals surface area contributed by atoms with E-state index in [2.05, 4.69) is 0 Å². The van der Waals surface area contributed by atoms with Crippen LogP contribution in [0.25, 0.3) is 11.3 Å². The van der Waals surface area contributed by atoms with E-state index in [9.17, 15) is 18.0 Å². The van der Waals surface area contributed by atoms with Crippen molar-refractivity contribution in [1.82, 2.24) is 4.90 Å². The number of furan rings is 1. The van der Waals surface area contributed by atoms with Gasteiger partial charge in [-0.25, -0.2) is 0 Å². The Morgan fingerprint density at radius 2 is 1.70 bits per heavy atom. The van der Waals surface area contributed by atoms with Gasteiger partial charge < -0.3 is 9.32 Å². The van der Waals surface area contributed by atoms with E-state index in [-0.39, 0.29) is 22.8 Å². The van der Waals surface area contributed by atoms with Crippen molar-refractivity contribution in [3.63, 3.8) is 0 Å². The van der Waals surface area contributed by atoms with Crippen molar-refractivity contribution in [1.29, 1.82) is 0 Å². The van der Waals surface area contributed by atoms with Crippen LogP contribution >= 0.6 is 0 Å². The first-order chi connectivity index (χ1) is 14.2. The number of amides is 1. The Kier molecular flexibility index (Phi) is 4.53. The normalized spacial score (nSPS) is 29.9. The third kappa shape index (κ3) is 3.54. The molecule has 0 unspecified atom stereocenters. The van der Waals surface area contributed by atoms with E-state index in [1.165, 1.54) is 44.6 Å². The van der Waals surface area contributed by atoms with Gasteiger partial charge in [0, 0.05) is 19.2 Å². The summed E-state index contributed by atoms with van der Waals surface area (Å²) in [5, 5.41) is 0. The van der Waals surface area contributed by atoms with Crippen LogP contribution in [0.15, 0.2) is 40.8 Å². The topological polar surface area (TPSA) is 33.5 Å². The second-order valence-electron chi connectivity index (χ2n) is 9.82. The summed E-state index contributed by atoms with van der Waals surface area (Å²) in [7, 11) is 1.81. The van der Waals surface area contributed by atoms with Gasteiger partial charge in [0.25, 0.3) is 5.91 Å². The van der Waals surface area contributed by atoms with E-state index < -0.39 is 11.7 Å². The van der Waals surface area contributed by atoms with E-state index in [0.29, 0.717) is 5.56 Å². The van der Waals surface area contributed by atoms with Crippen LogP contribution in [-0.2, 0) is 6.18 Å². The standard InChI is InChI=1S/C24H26F3NO2/c1-28(14-23-11-15-7-16(12-23)9-17(8-15)13-23)22(29)21-6-5-20(30-21)18-3-2-4-19(10-18)24(25,26)27/h2-6,10,15-17H,7-9,11-14H2,1H3. The smallest absolute Gasteiger partial charge is 0.416 e. The Morgan fingerprint density at radius 1 is 1.07 bits per heavy atom. The molecule has 1 aromatic heterocycles. The lowest BCUT2D eigenvalue weighted by atomic mass is 9.49. The van der Waals surface area contributed by atoms with E-state index in [1.807, 2.05) is 7.05 Å². The van der Waals surface area contributed by atoms with Gasteiger partial charge in [-0.15, -0.1) is 0 Å². The lowest BCUT2D eigenvalue weighted by molar-refractivity contribution is -0.137. The highest BCUT2D eigenvalue weighted by Crippen LogP contribution is 2.60. The fraction of sp³-hybridized carbons (Fsp3) is 0.542. The molecule has 1 heterocycles. The lowest BCUT2D eigenvalue weighted by Gasteiger charge is -2.57. The first-order valence-corrected chi connectivity index (χ1v) is 10.7. The van der Waals surface area contributed by atoms with Gasteiger partial charge in [-0.3, -0.25) is 4.79 Å². The maximum Gasteiger partial charge on any atom is 0.416 e. The van der Waals surface area contributed by atoms with Gasteiger partial charge in [-0.2, -0.15) is 13.2 Å². The van der Waals surface area contributed by atoms with Gasteiger partial charge in [0.05, 0.1) is 5.56 Å². The first kappa shape index (κ1) is 19.7. The van der Waals surface area contributed by atoms with Gasteiger partial charge >= 0.3 is 6.18 Å². The summed E-state index contributed by atoms with van der Waals surface area (Å²) >= 11 is 0. The van der Waals surface area contributed by atoms with Crippen LogP contribution in [0.1, 0.15) is 54.6 Å². The monoisotopic (exact) mass is 417 g/mol. The summed E-state index contributed by atoms with van der Waals surface area (Å²) in [6.07, 6.45) is 3.29. The second-order valence-corrected chi connectivity index (χ2v) is 9.82. The van der Waals surface area contributed by atoms with Crippen molar-refractivity contribution in [2.75, 3.05) is 13.6 Å². The number of hydrogen-bond acceptors (Lipinski definition) is 2. The molecule has 0 N–H and O–H groups in total. The van der Waals surface area contributed by atoms with Crippen molar-refractivity contribution in [3.8, 4) is 11.3 Å². The number of halogens is 3. The minimum Gasteiger partial charge on any atom is -0.451 e. The summed E-state index contributed by atoms with van der Waals surface area (Å²) in [5.41, 5.74) is -0.189. The van der Waals surface area contributed by atoms with E-state index in [4.69, 9.17) is 4.42 Å². The Hall–Kier alpha value is -2.24. The molecular weight excluding hydrogens is 391 g/mol. The van der Waals surface area contributed by atoms with E-state index >= 15 is 0 Å². The third-order valence-electron chi connectivity index (χ3n) is 7.38. The number of hydrogen-bond donors (Lipinski definition) is 0. The van der Waals surface area contributed by atoms with Crippen LogP contribution in [0.2, 0.25) is 0 Å². The molecule has 4 fully saturated rings. The number of rotatable bonds is 4. The predicted octanol–water partition coefficient (Wildman–Crippen LogP) is 6.25. The summed E-state index contributed by atoms with van der Waals surface area (Å²) < 4.78 is 44.6. The molecule has 1 amide bonds. The predicted molar refractivity (Wildman–Crippen MR) is 107 cm³/mol. The third-order valence-corrected chi connectivity index (χ3v) is 7.38. The SMILES string of the molecule is CN(CC12CC3CC(CC(C3)C1)C2)C(=O)c1ccc(-c2cccc(C(F)(F)F)c2)o1. The van der Waals surface area contributed by atoms with Crippen LogP contribution in [-0.4, -0.2) is 24.4 Å². The fourth-order valence-electron chi connectivity index (χ4n) is 6.70. The van der Waals surface area contributed by atoms with Crippen molar-refractivity contribution in [2.24, 2.45) is 23.2 Å². The van der Waals surface area contributed by atoms with Crippen molar-refractivity contribution < 1.29 is 22.4 Å². The molecule has 4 bridgehead atoms. The van der Waals surface area contributed by atoms with Gasteiger partial charge in [0.1, 0.15) is 5.76 Å². The molecule has 0 radical (unpaired) electrons. The summed E-state index contributed by atoms with van der Waals surface area (Å²) in [6.45, 7) is 0.731. The summed E-state index contributed by atoms with van der Waals surface area (Å²) in [4.78, 5) is 14.7. The molecule has 6 rings (SSSR count). The van der Waals surface area contributed by atoms with Crippen molar-refractivity contribution >= 4 is 5.91 Å². The average Bonchev–Trinajstić information content (AvgIpc) is 3.15. The van der Waals surface area contributed by atoms with E-state index in [1.54, 1.807) is 23.1 Å². The molecule has 160 valence electrons. The van der Waals surface area contributed by atoms with Crippen LogP contribution in [0.5, 0.6) is 0 Å². The first-order valence-electron chi connectivity index (χ1n) is 10.7. The molecular formula is C24H26F3NO2. The lowest BCUT2D eigenvalue weighted by Crippen LogP contribution is -2.51. The second kappa shape index (κ2) is 6.89. The van der Waals surface area contributed by atoms with Crippen molar-refractivity contribution in [2.45, 2.75) is 44.7 Å². The number of benzene rings is 1. The van der Waals surface area contributed by atoms with Crippen LogP contribution in [0.4, 0.5) is 13.2 Å². The molecule has 1 aromatic carbocycles. The Labute approximate surface area is 174 Å². The van der Waals surface area contributed by atoms with Crippen molar-refractivity contribution in [3.05, 3.63) is 47.7 Å². The minimum atomic E-state index is -4.42. The molecule has 0 spiro atoms. The highest BCUT2D eigenvalue weighted by atomic mass is 19.4. The number of alkyl halides is 3. The quantitative estimate of drug-likeness (QED) is 0.589. The van der Waals surface area contributed by atoms with Gasteiger partial charge in [0.2, 0.25) is 0 Å². The molecule has 6 heteroatoms. The number of carbonyl (C=O) groups is 1. The Morgan fingerprint density at radius 3 is 2.30 bits per heavy atom. The molecule has 0 aliphatic heterocycles. The molecule has 0 saturated heterocycles. The van der Waals surface area contributed by atoms with Gasteiger partial charge in [-0.05, 0) is 86.0 Å². The van der Waals surface area contributed by atoms with Gasteiger partial charge in [0.15, 0.2) is 5.76 Å². The summed E-state index contributed by atoms with van der Waals surface area (Å²) in [5.74, 6) is 2.69. The zero-order valence-electron chi connectivity index (χ0n) is 17.0. The highest BCUT2D eigenvalue weighted by Gasteiger charge is 2.51. The molecule has 4 saturated carbocycles. The number of nitrogens with zero attached hydrogens (tertiary/aromatic N) is 1. The van der Waals surface area contributed by atoms with Gasteiger partial charge in [-0.1, -0.05) is 12.1 Å². The zero-order chi connectivity index (χ0) is 21.1. The van der Waals surface area contributed by atoms with Crippen LogP contribution in [0.3, 0.4) is 0 Å². The molecule has 3 nitrogen and oxygen atoms in total. The largest absolute Gasteiger partial charge is 0.451 e. The molecule has 30 heavy (non-hydrogen) atoms. The van der Waals surface area contributed by atoms with E-state index in [0.717, 1.165) is 36.4 Å². The fourth-order valence-corrected chi connectivity index (χ4v) is 6.70. The molecule has 4 aliphatic carbocycles. The Balaban J connectivity index is 1.31. The zero-order valence-corrected chi connectivity index (χ0v) is 17.0.